The van der Waals surface area contributed by atoms with Gasteiger partial charge in [0.25, 0.3) is 0 Å². The van der Waals surface area contributed by atoms with Gasteiger partial charge < -0.3 is 0 Å². The summed E-state index contributed by atoms with van der Waals surface area (Å²) in [5, 5.41) is 0. The smallest absolute Gasteiger partial charge is 0.0346 e. The quantitative estimate of drug-likeness (QED) is 0.584. The van der Waals surface area contributed by atoms with Crippen molar-refractivity contribution in [3.05, 3.63) is 41.7 Å². The lowest BCUT2D eigenvalue weighted by Gasteiger charge is -1.95. The molecule has 0 amide bonds. The summed E-state index contributed by atoms with van der Waals surface area (Å²) in [5.41, 5.74) is 2.47. The molecule has 0 fully saturated rings. The highest BCUT2D eigenvalue weighted by molar-refractivity contribution is 5.66. The first-order chi connectivity index (χ1) is 6.47. The molecule has 13 heavy (non-hydrogen) atoms. The second-order valence-corrected chi connectivity index (χ2v) is 2.55. The molecule has 0 radical (unpaired) electrons. The Morgan fingerprint density at radius 1 is 1.08 bits per heavy atom. The first-order valence-corrected chi connectivity index (χ1v) is 4.74. The lowest BCUT2D eigenvalue weighted by atomic mass is 10.1. The van der Waals surface area contributed by atoms with Gasteiger partial charge in [0.1, 0.15) is 0 Å². The third kappa shape index (κ3) is 2.55. The molecule has 0 aliphatic heterocycles. The second-order valence-electron chi connectivity index (χ2n) is 2.55. The Morgan fingerprint density at radius 2 is 1.77 bits per heavy atom. The number of fused-ring (bicyclic) bond motifs is 1. The highest BCUT2D eigenvalue weighted by Crippen LogP contribution is 2.14. The lowest BCUT2D eigenvalue weighted by molar-refractivity contribution is 1.31. The molecule has 1 heteroatoms. The Labute approximate surface area is 79.8 Å². The van der Waals surface area contributed by atoms with Crippen LogP contribution in [-0.2, 0) is 0 Å². The van der Waals surface area contributed by atoms with Crippen LogP contribution in [0, 0.1) is 0 Å². The molecule has 2 rings (SSSR count). The van der Waals surface area contributed by atoms with E-state index in [1.54, 1.807) is 0 Å². The van der Waals surface area contributed by atoms with E-state index < -0.39 is 0 Å². The summed E-state index contributed by atoms with van der Waals surface area (Å²) in [6, 6.07) is 2.03. The molecule has 1 aliphatic rings. The van der Waals surface area contributed by atoms with Crippen LogP contribution in [0.3, 0.4) is 0 Å². The Morgan fingerprint density at radius 3 is 2.54 bits per heavy atom. The van der Waals surface area contributed by atoms with Crippen LogP contribution in [0.2, 0.25) is 0 Å². The number of pyridine rings is 1. The van der Waals surface area contributed by atoms with Crippen molar-refractivity contribution < 1.29 is 0 Å². The van der Waals surface area contributed by atoms with Crippen LogP contribution in [0.5, 0.6) is 0 Å². The van der Waals surface area contributed by atoms with E-state index in [4.69, 9.17) is 0 Å². The van der Waals surface area contributed by atoms with Crippen LogP contribution < -0.4 is 0 Å². The Hall–Kier alpha value is -1.37. The van der Waals surface area contributed by atoms with Crippen molar-refractivity contribution in [2.45, 2.75) is 20.3 Å². The molecule has 0 saturated heterocycles. The van der Waals surface area contributed by atoms with E-state index in [1.807, 2.05) is 32.3 Å². The van der Waals surface area contributed by atoms with Gasteiger partial charge in [0, 0.05) is 12.4 Å². The van der Waals surface area contributed by atoms with Crippen molar-refractivity contribution in [3.8, 4) is 0 Å². The molecule has 1 aromatic heterocycles. The van der Waals surface area contributed by atoms with Crippen LogP contribution in [0.15, 0.2) is 30.6 Å². The number of aromatic nitrogens is 1. The fourth-order valence-electron chi connectivity index (χ4n) is 1.18. The maximum Gasteiger partial charge on any atom is 0.0346 e. The standard InChI is InChI=1S/C10H9N.C2H6/c1-2-4-9-6-7-11-8-10(9)5-3-1;1-2/h2-8H,1H2;1-2H3. The van der Waals surface area contributed by atoms with Crippen molar-refractivity contribution in [2.75, 3.05) is 0 Å². The number of nitrogens with zero attached hydrogens (tertiary/aromatic N) is 1. The fraction of sp³-hybridized carbons (Fsp3) is 0.250. The van der Waals surface area contributed by atoms with E-state index >= 15 is 0 Å². The number of hydrogen-bond donors (Lipinski definition) is 0. The molecule has 0 spiro atoms. The normalized spacial score (nSPS) is 12.5. The first kappa shape index (κ1) is 9.72. The molecular formula is C12H15N. The summed E-state index contributed by atoms with van der Waals surface area (Å²) >= 11 is 0. The SMILES string of the molecule is C1=Cc2ccncc2C=CC1.CC. The number of hydrogen-bond acceptors (Lipinski definition) is 1. The van der Waals surface area contributed by atoms with Gasteiger partial charge in [0.2, 0.25) is 0 Å². The van der Waals surface area contributed by atoms with Crippen molar-refractivity contribution in [2.24, 2.45) is 0 Å². The Balaban J connectivity index is 0.000000396. The van der Waals surface area contributed by atoms with Gasteiger partial charge in [-0.3, -0.25) is 4.98 Å². The third-order valence-electron chi connectivity index (χ3n) is 1.75. The number of rotatable bonds is 0. The van der Waals surface area contributed by atoms with Gasteiger partial charge in [0.05, 0.1) is 0 Å². The lowest BCUT2D eigenvalue weighted by Crippen LogP contribution is -1.79. The number of allylic oxidation sites excluding steroid dienone is 2. The summed E-state index contributed by atoms with van der Waals surface area (Å²) in [4.78, 5) is 4.05. The van der Waals surface area contributed by atoms with E-state index in [-0.39, 0.29) is 0 Å². The zero-order valence-corrected chi connectivity index (χ0v) is 8.20. The van der Waals surface area contributed by atoms with Gasteiger partial charge in [-0.05, 0) is 23.6 Å². The topological polar surface area (TPSA) is 12.9 Å². The van der Waals surface area contributed by atoms with Crippen LogP contribution in [0.4, 0.5) is 0 Å². The summed E-state index contributed by atoms with van der Waals surface area (Å²) in [5.74, 6) is 0. The average Bonchev–Trinajstić information content (AvgIpc) is 2.45. The maximum atomic E-state index is 4.05. The molecule has 1 nitrogen and oxygen atoms in total. The van der Waals surface area contributed by atoms with Gasteiger partial charge in [-0.15, -0.1) is 0 Å². The monoisotopic (exact) mass is 173 g/mol. The zero-order valence-electron chi connectivity index (χ0n) is 8.20. The zero-order chi connectivity index (χ0) is 9.52. The van der Waals surface area contributed by atoms with Crippen LogP contribution in [0.1, 0.15) is 31.4 Å². The highest BCUT2D eigenvalue weighted by atomic mass is 14.6. The van der Waals surface area contributed by atoms with Gasteiger partial charge in [-0.25, -0.2) is 0 Å². The molecule has 0 unspecified atom stereocenters. The Kier molecular flexibility index (Phi) is 3.97. The van der Waals surface area contributed by atoms with E-state index in [2.05, 4.69) is 29.3 Å². The second kappa shape index (κ2) is 5.31. The van der Waals surface area contributed by atoms with Gasteiger partial charge >= 0.3 is 0 Å². The molecular weight excluding hydrogens is 158 g/mol. The maximum absolute atomic E-state index is 4.05. The van der Waals surface area contributed by atoms with Crippen LogP contribution >= 0.6 is 0 Å². The molecule has 0 saturated carbocycles. The summed E-state index contributed by atoms with van der Waals surface area (Å²) in [6.45, 7) is 4.00. The predicted octanol–water partition coefficient (Wildman–Crippen LogP) is 3.54. The van der Waals surface area contributed by atoms with E-state index in [0.29, 0.717) is 0 Å². The van der Waals surface area contributed by atoms with Gasteiger partial charge in [0.15, 0.2) is 0 Å². The largest absolute Gasteiger partial charge is 0.264 e. The first-order valence-electron chi connectivity index (χ1n) is 4.74. The molecule has 68 valence electrons. The van der Waals surface area contributed by atoms with Crippen molar-refractivity contribution in [3.63, 3.8) is 0 Å². The molecule has 0 N–H and O–H groups in total. The summed E-state index contributed by atoms with van der Waals surface area (Å²) in [7, 11) is 0. The van der Waals surface area contributed by atoms with Crippen molar-refractivity contribution in [1.29, 1.82) is 0 Å². The van der Waals surface area contributed by atoms with Crippen molar-refractivity contribution >= 4 is 12.2 Å². The molecule has 1 aromatic rings. The predicted molar refractivity (Wildman–Crippen MR) is 58.3 cm³/mol. The Bertz CT molecular complexity index is 280. The molecule has 1 heterocycles. The van der Waals surface area contributed by atoms with Crippen LogP contribution in [0.25, 0.3) is 12.2 Å². The van der Waals surface area contributed by atoms with E-state index in [0.717, 1.165) is 6.42 Å². The van der Waals surface area contributed by atoms with Crippen LogP contribution in [-0.4, -0.2) is 4.98 Å². The highest BCUT2D eigenvalue weighted by Gasteiger charge is 1.95. The average molecular weight is 173 g/mol. The van der Waals surface area contributed by atoms with Crippen molar-refractivity contribution in [1.82, 2.24) is 4.98 Å². The summed E-state index contributed by atoms with van der Waals surface area (Å²) in [6.07, 6.45) is 13.3. The van der Waals surface area contributed by atoms with E-state index in [1.165, 1.54) is 11.1 Å². The van der Waals surface area contributed by atoms with E-state index in [9.17, 15) is 0 Å². The minimum Gasteiger partial charge on any atom is -0.264 e. The van der Waals surface area contributed by atoms with Gasteiger partial charge in [-0.1, -0.05) is 38.2 Å². The molecule has 1 aliphatic carbocycles. The molecule has 0 aromatic carbocycles. The fourth-order valence-corrected chi connectivity index (χ4v) is 1.18. The molecule has 0 bridgehead atoms. The van der Waals surface area contributed by atoms with Gasteiger partial charge in [-0.2, -0.15) is 0 Å². The minimum atomic E-state index is 1.02. The third-order valence-corrected chi connectivity index (χ3v) is 1.75. The summed E-state index contributed by atoms with van der Waals surface area (Å²) < 4.78 is 0. The molecule has 0 atom stereocenters. The minimum absolute atomic E-state index is 1.02.